The quantitative estimate of drug-likeness (QED) is 0.905. The molecule has 1 aliphatic heterocycles. The van der Waals surface area contributed by atoms with Crippen molar-refractivity contribution < 1.29 is 4.74 Å². The van der Waals surface area contributed by atoms with Crippen molar-refractivity contribution in [1.82, 2.24) is 15.2 Å². The first-order valence-corrected chi connectivity index (χ1v) is 7.97. The van der Waals surface area contributed by atoms with Crippen molar-refractivity contribution in [1.29, 1.82) is 0 Å². The second-order valence-corrected chi connectivity index (χ2v) is 7.05. The van der Waals surface area contributed by atoms with Gasteiger partial charge in [0.1, 0.15) is 6.61 Å². The smallest absolute Gasteiger partial charge is 0.213 e. The van der Waals surface area contributed by atoms with Gasteiger partial charge >= 0.3 is 0 Å². The average Bonchev–Trinajstić information content (AvgIpc) is 2.44. The Kier molecular flexibility index (Phi) is 5.59. The lowest BCUT2D eigenvalue weighted by Crippen LogP contribution is -2.40. The standard InChI is InChI=1S/C17H29N3O/c1-17(2,3)19-12-14-8-9-18-16(11-14)21-13-15-7-5-6-10-20(15)4/h8-9,11,15,19H,5-7,10,12-13H2,1-4H3. The van der Waals surface area contributed by atoms with E-state index in [9.17, 15) is 0 Å². The highest BCUT2D eigenvalue weighted by molar-refractivity contribution is 5.20. The summed E-state index contributed by atoms with van der Waals surface area (Å²) in [6, 6.07) is 4.61. The highest BCUT2D eigenvalue weighted by Gasteiger charge is 2.19. The van der Waals surface area contributed by atoms with Gasteiger partial charge in [0.2, 0.25) is 5.88 Å². The molecule has 1 N–H and O–H groups in total. The van der Waals surface area contributed by atoms with E-state index >= 15 is 0 Å². The summed E-state index contributed by atoms with van der Waals surface area (Å²) in [7, 11) is 2.18. The van der Waals surface area contributed by atoms with Gasteiger partial charge < -0.3 is 15.0 Å². The third-order valence-corrected chi connectivity index (χ3v) is 3.97. The summed E-state index contributed by atoms with van der Waals surface area (Å²) in [5, 5.41) is 3.49. The zero-order valence-corrected chi connectivity index (χ0v) is 13.9. The van der Waals surface area contributed by atoms with Crippen LogP contribution in [0.2, 0.25) is 0 Å². The van der Waals surface area contributed by atoms with Crippen molar-refractivity contribution in [3.63, 3.8) is 0 Å². The summed E-state index contributed by atoms with van der Waals surface area (Å²) >= 11 is 0. The Morgan fingerprint density at radius 1 is 1.38 bits per heavy atom. The molecule has 0 bridgehead atoms. The number of likely N-dealkylation sites (N-methyl/N-ethyl adjacent to an activating group) is 1. The van der Waals surface area contributed by atoms with E-state index in [1.165, 1.54) is 31.4 Å². The number of ether oxygens (including phenoxy) is 1. The van der Waals surface area contributed by atoms with Crippen molar-refractivity contribution in [2.24, 2.45) is 0 Å². The van der Waals surface area contributed by atoms with Gasteiger partial charge in [-0.05, 0) is 58.8 Å². The van der Waals surface area contributed by atoms with Gasteiger partial charge in [-0.25, -0.2) is 4.98 Å². The number of pyridine rings is 1. The Hall–Kier alpha value is -1.13. The summed E-state index contributed by atoms with van der Waals surface area (Å²) in [5.74, 6) is 0.738. The molecular weight excluding hydrogens is 262 g/mol. The van der Waals surface area contributed by atoms with Crippen LogP contribution >= 0.6 is 0 Å². The summed E-state index contributed by atoms with van der Waals surface area (Å²) in [6.07, 6.45) is 5.67. The van der Waals surface area contributed by atoms with Crippen LogP contribution in [0.3, 0.4) is 0 Å². The third kappa shape index (κ3) is 5.64. The fraction of sp³-hybridized carbons (Fsp3) is 0.706. The third-order valence-electron chi connectivity index (χ3n) is 3.97. The lowest BCUT2D eigenvalue weighted by molar-refractivity contribution is 0.122. The summed E-state index contributed by atoms with van der Waals surface area (Å²) in [4.78, 5) is 6.72. The normalized spacial score (nSPS) is 20.5. The maximum Gasteiger partial charge on any atom is 0.213 e. The molecule has 2 rings (SSSR count). The van der Waals surface area contributed by atoms with E-state index in [0.717, 1.165) is 19.0 Å². The number of aromatic nitrogens is 1. The lowest BCUT2D eigenvalue weighted by Gasteiger charge is -2.32. The number of nitrogens with one attached hydrogen (secondary N) is 1. The molecular formula is C17H29N3O. The summed E-state index contributed by atoms with van der Waals surface area (Å²) < 4.78 is 5.91. The Morgan fingerprint density at radius 2 is 2.19 bits per heavy atom. The molecule has 118 valence electrons. The fourth-order valence-corrected chi connectivity index (χ4v) is 2.54. The van der Waals surface area contributed by atoms with E-state index in [1.807, 2.05) is 18.3 Å². The first kappa shape index (κ1) is 16.2. The number of piperidine rings is 1. The van der Waals surface area contributed by atoms with E-state index in [0.29, 0.717) is 6.04 Å². The first-order valence-electron chi connectivity index (χ1n) is 7.97. The van der Waals surface area contributed by atoms with Gasteiger partial charge in [0.05, 0.1) is 0 Å². The Labute approximate surface area is 128 Å². The molecule has 1 aliphatic rings. The molecule has 0 aliphatic carbocycles. The van der Waals surface area contributed by atoms with Crippen molar-refractivity contribution in [2.45, 2.75) is 58.2 Å². The largest absolute Gasteiger partial charge is 0.476 e. The zero-order chi connectivity index (χ0) is 15.3. The van der Waals surface area contributed by atoms with E-state index in [-0.39, 0.29) is 5.54 Å². The van der Waals surface area contributed by atoms with Crippen LogP contribution in [0.4, 0.5) is 0 Å². The molecule has 21 heavy (non-hydrogen) atoms. The molecule has 1 fully saturated rings. The Bertz CT molecular complexity index is 442. The minimum absolute atomic E-state index is 0.120. The molecule has 1 atom stereocenters. The number of hydrogen-bond acceptors (Lipinski definition) is 4. The van der Waals surface area contributed by atoms with Crippen LogP contribution in [-0.4, -0.2) is 41.7 Å². The summed E-state index contributed by atoms with van der Waals surface area (Å²) in [5.41, 5.74) is 1.33. The SMILES string of the molecule is CN1CCCCC1COc1cc(CNC(C)(C)C)ccn1. The highest BCUT2D eigenvalue weighted by atomic mass is 16.5. The van der Waals surface area contributed by atoms with E-state index < -0.39 is 0 Å². The Morgan fingerprint density at radius 3 is 2.90 bits per heavy atom. The number of rotatable bonds is 5. The van der Waals surface area contributed by atoms with Gasteiger partial charge in [-0.3, -0.25) is 0 Å². The predicted molar refractivity (Wildman–Crippen MR) is 86.6 cm³/mol. The van der Waals surface area contributed by atoms with Crippen LogP contribution in [0.1, 0.15) is 45.6 Å². The van der Waals surface area contributed by atoms with Crippen LogP contribution < -0.4 is 10.1 Å². The van der Waals surface area contributed by atoms with E-state index in [1.54, 1.807) is 0 Å². The minimum Gasteiger partial charge on any atom is -0.476 e. The van der Waals surface area contributed by atoms with Gasteiger partial charge in [-0.1, -0.05) is 6.42 Å². The number of likely N-dealkylation sites (tertiary alicyclic amines) is 1. The molecule has 4 heteroatoms. The lowest BCUT2D eigenvalue weighted by atomic mass is 10.0. The molecule has 4 nitrogen and oxygen atoms in total. The molecule has 0 radical (unpaired) electrons. The van der Waals surface area contributed by atoms with Crippen molar-refractivity contribution in [3.05, 3.63) is 23.9 Å². The van der Waals surface area contributed by atoms with E-state index in [2.05, 4.69) is 43.0 Å². The van der Waals surface area contributed by atoms with E-state index in [4.69, 9.17) is 4.74 Å². The highest BCUT2D eigenvalue weighted by Crippen LogP contribution is 2.17. The Balaban J connectivity index is 1.85. The topological polar surface area (TPSA) is 37.4 Å². The van der Waals surface area contributed by atoms with Gasteiger partial charge in [0.25, 0.3) is 0 Å². The van der Waals surface area contributed by atoms with Gasteiger partial charge in [0, 0.05) is 30.4 Å². The molecule has 1 aromatic rings. The molecule has 0 amide bonds. The van der Waals surface area contributed by atoms with Crippen molar-refractivity contribution in [2.75, 3.05) is 20.2 Å². The monoisotopic (exact) mass is 291 g/mol. The predicted octanol–water partition coefficient (Wildman–Crippen LogP) is 2.83. The molecule has 1 saturated heterocycles. The van der Waals surface area contributed by atoms with Crippen LogP contribution in [0.25, 0.3) is 0 Å². The molecule has 0 saturated carbocycles. The maximum absolute atomic E-state index is 5.91. The van der Waals surface area contributed by atoms with Crippen LogP contribution in [0.15, 0.2) is 18.3 Å². The number of nitrogens with zero attached hydrogens (tertiary/aromatic N) is 2. The molecule has 2 heterocycles. The molecule has 0 aromatic carbocycles. The average molecular weight is 291 g/mol. The second-order valence-electron chi connectivity index (χ2n) is 7.05. The van der Waals surface area contributed by atoms with Gasteiger partial charge in [0.15, 0.2) is 0 Å². The van der Waals surface area contributed by atoms with Gasteiger partial charge in [-0.15, -0.1) is 0 Å². The second kappa shape index (κ2) is 7.23. The van der Waals surface area contributed by atoms with Gasteiger partial charge in [-0.2, -0.15) is 0 Å². The minimum atomic E-state index is 0.120. The maximum atomic E-state index is 5.91. The van der Waals surface area contributed by atoms with Crippen molar-refractivity contribution >= 4 is 0 Å². The van der Waals surface area contributed by atoms with Crippen molar-refractivity contribution in [3.8, 4) is 5.88 Å². The fourth-order valence-electron chi connectivity index (χ4n) is 2.54. The first-order chi connectivity index (χ1) is 9.94. The number of hydrogen-bond donors (Lipinski definition) is 1. The van der Waals surface area contributed by atoms with Crippen LogP contribution in [-0.2, 0) is 6.54 Å². The van der Waals surface area contributed by atoms with Crippen LogP contribution in [0, 0.1) is 0 Å². The molecule has 0 spiro atoms. The summed E-state index contributed by atoms with van der Waals surface area (Å²) in [6.45, 7) is 9.27. The van der Waals surface area contributed by atoms with Crippen LogP contribution in [0.5, 0.6) is 5.88 Å². The molecule has 1 unspecified atom stereocenters. The zero-order valence-electron chi connectivity index (χ0n) is 13.9. The molecule has 1 aromatic heterocycles.